The normalized spacial score (nSPS) is 19.9. The number of hydrogen-bond acceptors (Lipinski definition) is 4. The molecule has 1 aliphatic heterocycles. The number of carbonyl (C=O) groups is 1. The smallest absolute Gasteiger partial charge is 0.410 e. The van der Waals surface area contributed by atoms with Crippen LogP contribution in [0.4, 0.5) is 4.79 Å². The van der Waals surface area contributed by atoms with Crippen molar-refractivity contribution in [3.8, 4) is 0 Å². The van der Waals surface area contributed by atoms with E-state index in [0.717, 1.165) is 12.1 Å². The number of pyridine rings is 1. The van der Waals surface area contributed by atoms with Crippen LogP contribution in [0.15, 0.2) is 24.5 Å². The molecule has 1 aromatic heterocycles. The first-order valence-corrected chi connectivity index (χ1v) is 5.28. The molecule has 1 saturated heterocycles. The summed E-state index contributed by atoms with van der Waals surface area (Å²) in [6.45, 7) is 1.79. The molecule has 1 amide bonds. The van der Waals surface area contributed by atoms with Gasteiger partial charge in [0.25, 0.3) is 0 Å². The Morgan fingerprint density at radius 2 is 2.31 bits per heavy atom. The number of ether oxygens (including phenoxy) is 1. The molecule has 1 fully saturated rings. The van der Waals surface area contributed by atoms with E-state index in [-0.39, 0.29) is 12.1 Å². The summed E-state index contributed by atoms with van der Waals surface area (Å²) in [4.78, 5) is 17.2. The third-order valence-corrected chi connectivity index (χ3v) is 2.62. The summed E-state index contributed by atoms with van der Waals surface area (Å²) in [5.74, 6) is 0. The van der Waals surface area contributed by atoms with Crippen molar-refractivity contribution in [3.63, 3.8) is 0 Å². The molecule has 2 heterocycles. The minimum atomic E-state index is -0.239. The Morgan fingerprint density at radius 3 is 3.00 bits per heavy atom. The van der Waals surface area contributed by atoms with Gasteiger partial charge in [-0.3, -0.25) is 9.88 Å². The van der Waals surface area contributed by atoms with Gasteiger partial charge in [0.05, 0.1) is 6.04 Å². The molecule has 1 atom stereocenters. The van der Waals surface area contributed by atoms with Crippen molar-refractivity contribution in [1.82, 2.24) is 15.2 Å². The molecule has 0 saturated carbocycles. The Kier molecular flexibility index (Phi) is 3.36. The fourth-order valence-corrected chi connectivity index (χ4v) is 1.77. The Morgan fingerprint density at radius 1 is 1.56 bits per heavy atom. The molecule has 86 valence electrons. The van der Waals surface area contributed by atoms with Gasteiger partial charge in [0.15, 0.2) is 0 Å². The van der Waals surface area contributed by atoms with Crippen molar-refractivity contribution < 1.29 is 9.53 Å². The van der Waals surface area contributed by atoms with Crippen LogP contribution in [0.2, 0.25) is 0 Å². The monoisotopic (exact) mass is 221 g/mol. The molecule has 1 N–H and O–H groups in total. The van der Waals surface area contributed by atoms with Crippen LogP contribution in [-0.2, 0) is 11.3 Å². The molecule has 1 aromatic rings. The minimum Gasteiger partial charge on any atom is -0.447 e. The highest BCUT2D eigenvalue weighted by atomic mass is 16.6. The summed E-state index contributed by atoms with van der Waals surface area (Å²) in [6.07, 6.45) is 3.21. The average molecular weight is 221 g/mol. The van der Waals surface area contributed by atoms with E-state index in [4.69, 9.17) is 4.74 Å². The van der Waals surface area contributed by atoms with E-state index in [1.165, 1.54) is 0 Å². The lowest BCUT2D eigenvalue weighted by atomic mass is 10.2. The minimum absolute atomic E-state index is 0.116. The van der Waals surface area contributed by atoms with Crippen LogP contribution in [0, 0.1) is 0 Å². The maximum absolute atomic E-state index is 11.5. The van der Waals surface area contributed by atoms with Crippen molar-refractivity contribution >= 4 is 6.09 Å². The number of likely N-dealkylation sites (N-methyl/N-ethyl adjacent to an activating group) is 1. The molecular formula is C11H15N3O2. The zero-order valence-electron chi connectivity index (χ0n) is 9.22. The fourth-order valence-electron chi connectivity index (χ4n) is 1.77. The van der Waals surface area contributed by atoms with Gasteiger partial charge in [-0.05, 0) is 24.7 Å². The second-order valence-corrected chi connectivity index (χ2v) is 3.77. The summed E-state index contributed by atoms with van der Waals surface area (Å²) < 4.78 is 5.03. The molecule has 1 unspecified atom stereocenters. The number of nitrogens with zero attached hydrogens (tertiary/aromatic N) is 2. The topological polar surface area (TPSA) is 54.5 Å². The van der Waals surface area contributed by atoms with Gasteiger partial charge in [-0.1, -0.05) is 0 Å². The Bertz CT molecular complexity index is 356. The van der Waals surface area contributed by atoms with Crippen molar-refractivity contribution in [3.05, 3.63) is 30.1 Å². The molecule has 0 bridgehead atoms. The van der Waals surface area contributed by atoms with E-state index >= 15 is 0 Å². The second-order valence-electron chi connectivity index (χ2n) is 3.77. The SMILES string of the molecule is CNCC1COC(=O)N1Cc1ccncc1. The number of carbonyl (C=O) groups excluding carboxylic acids is 1. The van der Waals surface area contributed by atoms with E-state index in [2.05, 4.69) is 10.3 Å². The van der Waals surface area contributed by atoms with Crippen molar-refractivity contribution in [2.45, 2.75) is 12.6 Å². The van der Waals surface area contributed by atoms with Gasteiger partial charge in [-0.25, -0.2) is 4.79 Å². The Labute approximate surface area is 94.4 Å². The first kappa shape index (κ1) is 10.9. The van der Waals surface area contributed by atoms with Gasteiger partial charge in [-0.2, -0.15) is 0 Å². The molecule has 0 aliphatic carbocycles. The third kappa shape index (κ3) is 2.30. The molecule has 16 heavy (non-hydrogen) atoms. The standard InChI is InChI=1S/C11H15N3O2/c1-12-6-10-8-16-11(15)14(10)7-9-2-4-13-5-3-9/h2-5,10,12H,6-8H2,1H3. The molecule has 5 heteroatoms. The molecule has 1 aliphatic rings. The quantitative estimate of drug-likeness (QED) is 0.810. The van der Waals surface area contributed by atoms with Crippen LogP contribution in [0.5, 0.6) is 0 Å². The van der Waals surface area contributed by atoms with Crippen LogP contribution >= 0.6 is 0 Å². The van der Waals surface area contributed by atoms with Gasteiger partial charge in [0.1, 0.15) is 6.61 Å². The van der Waals surface area contributed by atoms with E-state index in [0.29, 0.717) is 13.2 Å². The van der Waals surface area contributed by atoms with Crippen molar-refractivity contribution in [1.29, 1.82) is 0 Å². The van der Waals surface area contributed by atoms with E-state index in [9.17, 15) is 4.79 Å². The first-order chi connectivity index (χ1) is 7.81. The zero-order valence-corrected chi connectivity index (χ0v) is 9.22. The predicted molar refractivity (Wildman–Crippen MR) is 58.8 cm³/mol. The lowest BCUT2D eigenvalue weighted by Gasteiger charge is -2.20. The molecule has 0 aromatic carbocycles. The summed E-state index contributed by atoms with van der Waals surface area (Å²) >= 11 is 0. The summed E-state index contributed by atoms with van der Waals surface area (Å²) in [6, 6.07) is 3.93. The van der Waals surface area contributed by atoms with Gasteiger partial charge < -0.3 is 10.1 Å². The average Bonchev–Trinajstić information content (AvgIpc) is 2.64. The summed E-state index contributed by atoms with van der Waals surface area (Å²) in [7, 11) is 1.87. The molecule has 2 rings (SSSR count). The van der Waals surface area contributed by atoms with Gasteiger partial charge in [-0.15, -0.1) is 0 Å². The van der Waals surface area contributed by atoms with Crippen molar-refractivity contribution in [2.75, 3.05) is 20.2 Å². The van der Waals surface area contributed by atoms with Gasteiger partial charge in [0, 0.05) is 25.5 Å². The van der Waals surface area contributed by atoms with E-state index in [1.807, 2.05) is 19.2 Å². The number of nitrogens with one attached hydrogen (secondary N) is 1. The predicted octanol–water partition coefficient (Wildman–Crippen LogP) is 0.622. The highest BCUT2D eigenvalue weighted by Gasteiger charge is 2.32. The van der Waals surface area contributed by atoms with Gasteiger partial charge >= 0.3 is 6.09 Å². The first-order valence-electron chi connectivity index (χ1n) is 5.28. The number of rotatable bonds is 4. The van der Waals surface area contributed by atoms with E-state index < -0.39 is 0 Å². The highest BCUT2D eigenvalue weighted by molar-refractivity contribution is 5.70. The number of cyclic esters (lactones) is 1. The molecule has 0 radical (unpaired) electrons. The Balaban J connectivity index is 2.04. The maximum atomic E-state index is 11.5. The molecular weight excluding hydrogens is 206 g/mol. The number of hydrogen-bond donors (Lipinski definition) is 1. The van der Waals surface area contributed by atoms with Gasteiger partial charge in [0.2, 0.25) is 0 Å². The number of aromatic nitrogens is 1. The van der Waals surface area contributed by atoms with Crippen LogP contribution in [-0.4, -0.2) is 42.2 Å². The number of amides is 1. The van der Waals surface area contributed by atoms with Crippen LogP contribution in [0.25, 0.3) is 0 Å². The van der Waals surface area contributed by atoms with Crippen LogP contribution < -0.4 is 5.32 Å². The highest BCUT2D eigenvalue weighted by Crippen LogP contribution is 2.15. The third-order valence-electron chi connectivity index (χ3n) is 2.62. The fraction of sp³-hybridized carbons (Fsp3) is 0.455. The van der Waals surface area contributed by atoms with Crippen LogP contribution in [0.3, 0.4) is 0 Å². The maximum Gasteiger partial charge on any atom is 0.410 e. The summed E-state index contributed by atoms with van der Waals surface area (Å²) in [5.41, 5.74) is 1.06. The lowest BCUT2D eigenvalue weighted by Crippen LogP contribution is -2.39. The second kappa shape index (κ2) is 4.94. The lowest BCUT2D eigenvalue weighted by molar-refractivity contribution is 0.156. The summed E-state index contributed by atoms with van der Waals surface area (Å²) in [5, 5.41) is 3.06. The Hall–Kier alpha value is -1.62. The molecule has 0 spiro atoms. The zero-order chi connectivity index (χ0) is 11.4. The van der Waals surface area contributed by atoms with Crippen molar-refractivity contribution in [2.24, 2.45) is 0 Å². The van der Waals surface area contributed by atoms with Crippen LogP contribution in [0.1, 0.15) is 5.56 Å². The largest absolute Gasteiger partial charge is 0.447 e. The van der Waals surface area contributed by atoms with E-state index in [1.54, 1.807) is 17.3 Å². The molecule has 5 nitrogen and oxygen atoms in total.